The van der Waals surface area contributed by atoms with E-state index in [9.17, 15) is 0 Å². The maximum absolute atomic E-state index is 7.09. The quantitative estimate of drug-likeness (QED) is 0.508. The molecule has 0 spiro atoms. The Morgan fingerprint density at radius 3 is 2.10 bits per heavy atom. The Morgan fingerprint density at radius 2 is 1.57 bits per heavy atom. The third kappa shape index (κ3) is 2.30. The molecule has 0 amide bonds. The van der Waals surface area contributed by atoms with E-state index in [1.165, 1.54) is 44.1 Å². The molecular weight excluding hydrogens is 344 g/mol. The van der Waals surface area contributed by atoms with E-state index in [0.29, 0.717) is 16.2 Å². The van der Waals surface area contributed by atoms with Crippen molar-refractivity contribution in [1.29, 1.82) is 0 Å². The zero-order valence-electron chi connectivity index (χ0n) is 13.0. The highest BCUT2D eigenvalue weighted by Gasteiger charge is 2.62. The van der Waals surface area contributed by atoms with E-state index in [1.54, 1.807) is 0 Å². The van der Waals surface area contributed by atoms with Gasteiger partial charge in [-0.1, -0.05) is 41.9 Å². The number of rotatable bonds is 2. The van der Waals surface area contributed by atoms with Gasteiger partial charge in [-0.25, -0.2) is 0 Å². The second-order valence-corrected chi connectivity index (χ2v) is 10.3. The van der Waals surface area contributed by atoms with E-state index in [-0.39, 0.29) is 5.38 Å². The molecule has 0 heterocycles. The van der Waals surface area contributed by atoms with Crippen LogP contribution in [-0.4, -0.2) is 0 Å². The van der Waals surface area contributed by atoms with Crippen molar-refractivity contribution in [2.45, 2.75) is 57.7 Å². The zero-order valence-corrected chi connectivity index (χ0v) is 15.3. The summed E-state index contributed by atoms with van der Waals surface area (Å²) in [6.45, 7) is 5.05. The first kappa shape index (κ1) is 14.6. The SMILES string of the molecule is CC12CC3CC(C)(C1)CC(C(Cl)c1ccc(Br)cc1)(C3)C2. The van der Waals surface area contributed by atoms with Crippen molar-refractivity contribution < 1.29 is 0 Å². The van der Waals surface area contributed by atoms with E-state index >= 15 is 0 Å². The summed E-state index contributed by atoms with van der Waals surface area (Å²) in [6.07, 6.45) is 8.31. The van der Waals surface area contributed by atoms with Crippen LogP contribution in [0.15, 0.2) is 28.7 Å². The largest absolute Gasteiger partial charge is 0.117 e. The fraction of sp³-hybridized carbons (Fsp3) is 0.684. The van der Waals surface area contributed by atoms with E-state index < -0.39 is 0 Å². The lowest BCUT2D eigenvalue weighted by atomic mass is 9.39. The van der Waals surface area contributed by atoms with Gasteiger partial charge in [0.15, 0.2) is 0 Å². The molecule has 4 fully saturated rings. The Morgan fingerprint density at radius 1 is 1.00 bits per heavy atom. The Hall–Kier alpha value is -0.0100. The number of hydrogen-bond acceptors (Lipinski definition) is 0. The molecule has 3 atom stereocenters. The molecule has 0 N–H and O–H groups in total. The molecule has 1 aromatic rings. The molecule has 0 radical (unpaired) electrons. The smallest absolute Gasteiger partial charge is 0.0642 e. The number of benzene rings is 1. The molecule has 114 valence electrons. The van der Waals surface area contributed by atoms with Crippen LogP contribution in [-0.2, 0) is 0 Å². The van der Waals surface area contributed by atoms with Crippen LogP contribution >= 0.6 is 27.5 Å². The first-order valence-corrected chi connectivity index (χ1v) is 9.44. The second kappa shape index (κ2) is 4.51. The van der Waals surface area contributed by atoms with Crippen LogP contribution in [0.25, 0.3) is 0 Å². The standard InChI is InChI=1S/C19H24BrCl/c1-17-7-13-8-18(2,10-17)12-19(9-13,11-17)16(21)14-3-5-15(20)6-4-14/h3-6,13,16H,7-12H2,1-2H3. The number of hydrogen-bond donors (Lipinski definition) is 0. The highest BCUT2D eigenvalue weighted by Crippen LogP contribution is 2.73. The second-order valence-electron chi connectivity index (χ2n) is 8.91. The Labute approximate surface area is 141 Å². The lowest BCUT2D eigenvalue weighted by Crippen LogP contribution is -2.56. The molecule has 3 unspecified atom stereocenters. The van der Waals surface area contributed by atoms with Crippen LogP contribution < -0.4 is 0 Å². The van der Waals surface area contributed by atoms with E-state index in [2.05, 4.69) is 54.0 Å². The van der Waals surface area contributed by atoms with Crippen LogP contribution in [0.4, 0.5) is 0 Å². The predicted octanol–water partition coefficient (Wildman–Crippen LogP) is 6.73. The van der Waals surface area contributed by atoms with Crippen molar-refractivity contribution in [3.8, 4) is 0 Å². The van der Waals surface area contributed by atoms with Crippen LogP contribution in [0.2, 0.25) is 0 Å². The molecule has 2 heteroatoms. The summed E-state index contributed by atoms with van der Waals surface area (Å²) in [5.74, 6) is 0.910. The Bertz CT molecular complexity index is 545. The van der Waals surface area contributed by atoms with Gasteiger partial charge in [-0.2, -0.15) is 0 Å². The molecule has 4 saturated carbocycles. The van der Waals surface area contributed by atoms with Gasteiger partial charge in [0.25, 0.3) is 0 Å². The molecule has 0 saturated heterocycles. The van der Waals surface area contributed by atoms with Gasteiger partial charge in [0.05, 0.1) is 5.38 Å². The minimum Gasteiger partial charge on any atom is -0.117 e. The summed E-state index contributed by atoms with van der Waals surface area (Å²) < 4.78 is 1.14. The van der Waals surface area contributed by atoms with Crippen molar-refractivity contribution >= 4 is 27.5 Å². The first-order chi connectivity index (χ1) is 9.82. The van der Waals surface area contributed by atoms with Crippen molar-refractivity contribution in [3.63, 3.8) is 0 Å². The van der Waals surface area contributed by atoms with Crippen molar-refractivity contribution in [2.24, 2.45) is 22.2 Å². The van der Waals surface area contributed by atoms with E-state index in [1.807, 2.05) is 0 Å². The van der Waals surface area contributed by atoms with Gasteiger partial charge in [-0.15, -0.1) is 11.6 Å². The minimum absolute atomic E-state index is 0.174. The van der Waals surface area contributed by atoms with Gasteiger partial charge in [0.2, 0.25) is 0 Å². The van der Waals surface area contributed by atoms with Gasteiger partial charge >= 0.3 is 0 Å². The fourth-order valence-electron chi connectivity index (χ4n) is 6.80. The molecule has 4 aliphatic rings. The average molecular weight is 368 g/mol. The minimum atomic E-state index is 0.174. The van der Waals surface area contributed by atoms with Crippen molar-refractivity contribution in [2.75, 3.05) is 0 Å². The van der Waals surface area contributed by atoms with Crippen LogP contribution in [0.3, 0.4) is 0 Å². The van der Waals surface area contributed by atoms with Gasteiger partial charge in [0, 0.05) is 4.47 Å². The molecular formula is C19H24BrCl. The van der Waals surface area contributed by atoms with Crippen LogP contribution in [0.5, 0.6) is 0 Å². The fourth-order valence-corrected chi connectivity index (χ4v) is 7.46. The topological polar surface area (TPSA) is 0 Å². The lowest BCUT2D eigenvalue weighted by molar-refractivity contribution is -0.146. The molecule has 21 heavy (non-hydrogen) atoms. The molecule has 5 rings (SSSR count). The number of alkyl halides is 1. The summed E-state index contributed by atoms with van der Waals surface area (Å²) in [6, 6.07) is 8.69. The van der Waals surface area contributed by atoms with Gasteiger partial charge in [-0.05, 0) is 78.4 Å². The summed E-state index contributed by atoms with van der Waals surface area (Å²) in [5, 5.41) is 0.174. The van der Waals surface area contributed by atoms with Gasteiger partial charge in [-0.3, -0.25) is 0 Å². The van der Waals surface area contributed by atoms with Crippen LogP contribution in [0.1, 0.15) is 63.3 Å². The summed E-state index contributed by atoms with van der Waals surface area (Å²) in [4.78, 5) is 0. The molecule has 4 aliphatic carbocycles. The molecule has 0 aromatic heterocycles. The average Bonchev–Trinajstić information content (AvgIpc) is 2.34. The van der Waals surface area contributed by atoms with Gasteiger partial charge in [0.1, 0.15) is 0 Å². The molecule has 0 nitrogen and oxygen atoms in total. The molecule has 4 bridgehead atoms. The maximum atomic E-state index is 7.09. The van der Waals surface area contributed by atoms with E-state index in [4.69, 9.17) is 11.6 Å². The zero-order chi connectivity index (χ0) is 14.9. The van der Waals surface area contributed by atoms with Crippen LogP contribution in [0, 0.1) is 22.2 Å². The third-order valence-corrected chi connectivity index (χ3v) is 7.61. The predicted molar refractivity (Wildman–Crippen MR) is 92.6 cm³/mol. The highest BCUT2D eigenvalue weighted by molar-refractivity contribution is 9.10. The molecule has 0 aliphatic heterocycles. The third-order valence-electron chi connectivity index (χ3n) is 6.37. The van der Waals surface area contributed by atoms with E-state index in [0.717, 1.165) is 10.4 Å². The monoisotopic (exact) mass is 366 g/mol. The highest BCUT2D eigenvalue weighted by atomic mass is 79.9. The Kier molecular flexibility index (Phi) is 3.13. The summed E-state index contributed by atoms with van der Waals surface area (Å²) in [7, 11) is 0. The van der Waals surface area contributed by atoms with Crippen molar-refractivity contribution in [1.82, 2.24) is 0 Å². The number of halogens is 2. The first-order valence-electron chi connectivity index (χ1n) is 8.21. The lowest BCUT2D eigenvalue weighted by Gasteiger charge is -2.66. The normalized spacial score (nSPS) is 45.8. The Balaban J connectivity index is 1.72. The summed E-state index contributed by atoms with van der Waals surface area (Å²) >= 11 is 10.6. The molecule has 1 aromatic carbocycles. The van der Waals surface area contributed by atoms with Crippen molar-refractivity contribution in [3.05, 3.63) is 34.3 Å². The summed E-state index contributed by atoms with van der Waals surface area (Å²) in [5.41, 5.74) is 2.72. The van der Waals surface area contributed by atoms with Gasteiger partial charge < -0.3 is 0 Å². The maximum Gasteiger partial charge on any atom is 0.0642 e.